The average Bonchev–Trinajstić information content (AvgIpc) is 2.69. The summed E-state index contributed by atoms with van der Waals surface area (Å²) in [6.07, 6.45) is 2.19. The second-order valence-corrected chi connectivity index (χ2v) is 7.71. The predicted octanol–water partition coefficient (Wildman–Crippen LogP) is 7.83. The highest BCUT2D eigenvalue weighted by atomic mass is 79.9. The van der Waals surface area contributed by atoms with Gasteiger partial charge in [0.05, 0.1) is 0 Å². The number of aryl methyl sites for hydroxylation is 3. The number of halogens is 1. The topological polar surface area (TPSA) is 9.23 Å². The van der Waals surface area contributed by atoms with Gasteiger partial charge in [-0.15, -0.1) is 0 Å². The van der Waals surface area contributed by atoms with Gasteiger partial charge in [-0.2, -0.15) is 0 Å². The first-order chi connectivity index (χ1) is 13.1. The van der Waals surface area contributed by atoms with Crippen LogP contribution in [0, 0.1) is 13.8 Å². The summed E-state index contributed by atoms with van der Waals surface area (Å²) in [5.41, 5.74) is 7.79. The maximum absolute atomic E-state index is 6.30. The van der Waals surface area contributed by atoms with Gasteiger partial charge >= 0.3 is 0 Å². The standard InChI is InChI=1S/C23H21BrO.C2H6/c1-15-5-3-6-16(2)23(15)19-8-4-7-17(13-19)21-11-9-18-14-20(24)10-12-22(18)25-21;1-2/h3-8,10,12-14,21H,9,11H2,1-2H3;1-2H3. The Morgan fingerprint density at radius 2 is 1.59 bits per heavy atom. The van der Waals surface area contributed by atoms with E-state index in [4.69, 9.17) is 4.74 Å². The number of ether oxygens (including phenoxy) is 1. The van der Waals surface area contributed by atoms with Crippen molar-refractivity contribution < 1.29 is 4.74 Å². The van der Waals surface area contributed by atoms with Crippen molar-refractivity contribution in [3.63, 3.8) is 0 Å². The molecule has 0 amide bonds. The fraction of sp³-hybridized carbons (Fsp3) is 0.280. The van der Waals surface area contributed by atoms with E-state index in [9.17, 15) is 0 Å². The highest BCUT2D eigenvalue weighted by molar-refractivity contribution is 9.10. The monoisotopic (exact) mass is 422 g/mol. The largest absolute Gasteiger partial charge is 0.485 e. The van der Waals surface area contributed by atoms with E-state index < -0.39 is 0 Å². The Labute approximate surface area is 171 Å². The lowest BCUT2D eigenvalue weighted by Gasteiger charge is -2.27. The van der Waals surface area contributed by atoms with Crippen molar-refractivity contribution in [1.82, 2.24) is 0 Å². The van der Waals surface area contributed by atoms with Crippen LogP contribution in [-0.2, 0) is 6.42 Å². The van der Waals surface area contributed by atoms with Crippen molar-refractivity contribution in [2.24, 2.45) is 0 Å². The van der Waals surface area contributed by atoms with Crippen LogP contribution in [0.15, 0.2) is 65.1 Å². The zero-order chi connectivity index (χ0) is 19.4. The van der Waals surface area contributed by atoms with Gasteiger partial charge in [-0.05, 0) is 84.3 Å². The minimum Gasteiger partial charge on any atom is -0.485 e. The number of fused-ring (bicyclic) bond motifs is 1. The van der Waals surface area contributed by atoms with E-state index >= 15 is 0 Å². The molecule has 140 valence electrons. The summed E-state index contributed by atoms with van der Waals surface area (Å²) < 4.78 is 7.42. The van der Waals surface area contributed by atoms with Crippen molar-refractivity contribution >= 4 is 15.9 Å². The first kappa shape index (κ1) is 19.7. The van der Waals surface area contributed by atoms with E-state index in [1.165, 1.54) is 33.4 Å². The van der Waals surface area contributed by atoms with Gasteiger partial charge in [-0.3, -0.25) is 0 Å². The average molecular weight is 423 g/mol. The Morgan fingerprint density at radius 1 is 0.889 bits per heavy atom. The van der Waals surface area contributed by atoms with Crippen molar-refractivity contribution in [3.8, 4) is 16.9 Å². The summed E-state index contributed by atoms with van der Waals surface area (Å²) in [4.78, 5) is 0. The van der Waals surface area contributed by atoms with Crippen LogP contribution >= 0.6 is 15.9 Å². The third kappa shape index (κ3) is 4.27. The van der Waals surface area contributed by atoms with Crippen LogP contribution in [0.4, 0.5) is 0 Å². The maximum atomic E-state index is 6.30. The number of hydrogen-bond donors (Lipinski definition) is 0. The zero-order valence-corrected chi connectivity index (χ0v) is 18.1. The fourth-order valence-electron chi connectivity index (χ4n) is 3.76. The Bertz CT molecular complexity index is 909. The van der Waals surface area contributed by atoms with Gasteiger partial charge in [0, 0.05) is 4.47 Å². The molecule has 0 N–H and O–H groups in total. The maximum Gasteiger partial charge on any atom is 0.124 e. The van der Waals surface area contributed by atoms with Gasteiger partial charge < -0.3 is 4.74 Å². The summed E-state index contributed by atoms with van der Waals surface area (Å²) in [5.74, 6) is 1.01. The van der Waals surface area contributed by atoms with Gasteiger partial charge in [0.15, 0.2) is 0 Å². The molecule has 3 aromatic rings. The SMILES string of the molecule is CC.Cc1cccc(C)c1-c1cccc(C2CCc3cc(Br)ccc3O2)c1. The molecule has 2 heteroatoms. The molecule has 1 aliphatic heterocycles. The third-order valence-corrected chi connectivity index (χ3v) is 5.49. The lowest BCUT2D eigenvalue weighted by Crippen LogP contribution is -2.15. The lowest BCUT2D eigenvalue weighted by atomic mass is 9.92. The third-order valence-electron chi connectivity index (χ3n) is 5.00. The second kappa shape index (κ2) is 8.75. The molecule has 1 aliphatic rings. The van der Waals surface area contributed by atoms with Gasteiger partial charge in [-0.1, -0.05) is 66.2 Å². The van der Waals surface area contributed by atoms with Crippen LogP contribution in [0.5, 0.6) is 5.75 Å². The Morgan fingerprint density at radius 3 is 2.33 bits per heavy atom. The van der Waals surface area contributed by atoms with E-state index in [1.54, 1.807) is 0 Å². The van der Waals surface area contributed by atoms with Crippen molar-refractivity contribution in [2.75, 3.05) is 0 Å². The van der Waals surface area contributed by atoms with Crippen LogP contribution in [-0.4, -0.2) is 0 Å². The Hall–Kier alpha value is -2.06. The number of rotatable bonds is 2. The molecule has 4 rings (SSSR count). The quantitative estimate of drug-likeness (QED) is 0.408. The molecule has 3 aromatic carbocycles. The zero-order valence-electron chi connectivity index (χ0n) is 16.6. The normalized spacial score (nSPS) is 15.2. The molecule has 0 fully saturated rings. The summed E-state index contributed by atoms with van der Waals surface area (Å²) in [5, 5.41) is 0. The molecule has 1 nitrogen and oxygen atoms in total. The molecule has 27 heavy (non-hydrogen) atoms. The summed E-state index contributed by atoms with van der Waals surface area (Å²) in [6, 6.07) is 21.6. The molecule has 0 saturated heterocycles. The predicted molar refractivity (Wildman–Crippen MR) is 119 cm³/mol. The van der Waals surface area contributed by atoms with Crippen molar-refractivity contribution in [2.45, 2.75) is 46.6 Å². The highest BCUT2D eigenvalue weighted by Gasteiger charge is 2.22. The Kier molecular flexibility index (Phi) is 6.38. The smallest absolute Gasteiger partial charge is 0.124 e. The first-order valence-electron chi connectivity index (χ1n) is 9.73. The minimum atomic E-state index is 0.123. The van der Waals surface area contributed by atoms with E-state index in [1.807, 2.05) is 19.9 Å². The number of benzene rings is 3. The molecule has 0 radical (unpaired) electrons. The summed E-state index contributed by atoms with van der Waals surface area (Å²) >= 11 is 3.54. The van der Waals surface area contributed by atoms with E-state index in [-0.39, 0.29) is 6.10 Å². The van der Waals surface area contributed by atoms with Crippen LogP contribution in [0.2, 0.25) is 0 Å². The molecule has 1 heterocycles. The molecular formula is C25H27BrO. The second-order valence-electron chi connectivity index (χ2n) is 6.79. The molecule has 1 atom stereocenters. The van der Waals surface area contributed by atoms with Crippen molar-refractivity contribution in [1.29, 1.82) is 0 Å². The molecular weight excluding hydrogens is 396 g/mol. The molecule has 0 saturated carbocycles. The molecule has 1 unspecified atom stereocenters. The van der Waals surface area contributed by atoms with Crippen LogP contribution in [0.1, 0.15) is 48.6 Å². The molecule has 0 aliphatic carbocycles. The van der Waals surface area contributed by atoms with Gasteiger partial charge in [0.25, 0.3) is 0 Å². The molecule has 0 aromatic heterocycles. The first-order valence-corrected chi connectivity index (χ1v) is 10.5. The van der Waals surface area contributed by atoms with E-state index in [2.05, 4.69) is 84.4 Å². The minimum absolute atomic E-state index is 0.123. The Balaban J connectivity index is 0.00000102. The highest BCUT2D eigenvalue weighted by Crippen LogP contribution is 2.37. The van der Waals surface area contributed by atoms with Crippen LogP contribution in [0.3, 0.4) is 0 Å². The van der Waals surface area contributed by atoms with Crippen molar-refractivity contribution in [3.05, 3.63) is 87.4 Å². The number of hydrogen-bond acceptors (Lipinski definition) is 1. The van der Waals surface area contributed by atoms with Gasteiger partial charge in [0.2, 0.25) is 0 Å². The molecule has 0 bridgehead atoms. The summed E-state index contributed by atoms with van der Waals surface area (Å²) in [6.45, 7) is 8.36. The summed E-state index contributed by atoms with van der Waals surface area (Å²) in [7, 11) is 0. The molecule has 0 spiro atoms. The lowest BCUT2D eigenvalue weighted by molar-refractivity contribution is 0.176. The van der Waals surface area contributed by atoms with Crippen LogP contribution < -0.4 is 4.74 Å². The van der Waals surface area contributed by atoms with E-state index in [0.717, 1.165) is 23.1 Å². The fourth-order valence-corrected chi connectivity index (χ4v) is 4.16. The van der Waals surface area contributed by atoms with Gasteiger partial charge in [-0.25, -0.2) is 0 Å². The van der Waals surface area contributed by atoms with Crippen LogP contribution in [0.25, 0.3) is 11.1 Å². The van der Waals surface area contributed by atoms with E-state index in [0.29, 0.717) is 0 Å². The van der Waals surface area contributed by atoms with Gasteiger partial charge in [0.1, 0.15) is 11.9 Å².